The molecule has 96 valence electrons. The smallest absolute Gasteiger partial charge is 0.276 e. The molecule has 0 bridgehead atoms. The first-order valence-corrected chi connectivity index (χ1v) is 6.63. The minimum atomic E-state index is -0.132. The highest BCUT2D eigenvalue weighted by Gasteiger charge is 2.21. The maximum absolute atomic E-state index is 12.3. The van der Waals surface area contributed by atoms with Gasteiger partial charge in [0.25, 0.3) is 5.91 Å². The van der Waals surface area contributed by atoms with Gasteiger partial charge in [-0.1, -0.05) is 6.07 Å². The Bertz CT molecular complexity index is 532. The molecule has 0 aromatic carbocycles. The Balaban J connectivity index is 2.18. The van der Waals surface area contributed by atoms with Crippen LogP contribution < -0.4 is 5.73 Å². The Morgan fingerprint density at radius 1 is 1.61 bits per heavy atom. The molecule has 0 spiro atoms. The lowest BCUT2D eigenvalue weighted by atomic mass is 10.2. The predicted octanol–water partition coefficient (Wildman–Crippen LogP) is 2.02. The Morgan fingerprint density at radius 3 is 2.89 bits per heavy atom. The van der Waals surface area contributed by atoms with Crippen LogP contribution in [0.3, 0.4) is 0 Å². The number of nitrogens with two attached hydrogens (primary N) is 1. The summed E-state index contributed by atoms with van der Waals surface area (Å²) in [5, 5.41) is 8.71. The molecule has 0 saturated heterocycles. The number of thiophene rings is 1. The Morgan fingerprint density at radius 2 is 2.39 bits per heavy atom. The number of amides is 1. The normalized spacial score (nSPS) is 10.6. The standard InChI is InChI=1S/C12H16N4OS/c1-3-16(7-9-5-4-6-18-9)12(17)11-10(13)8(2)14-15-11/h4-6H,3,7,13H2,1-2H3,(H,14,15). The largest absolute Gasteiger partial charge is 0.395 e. The zero-order chi connectivity index (χ0) is 13.1. The lowest BCUT2D eigenvalue weighted by Gasteiger charge is -2.19. The summed E-state index contributed by atoms with van der Waals surface area (Å²) in [7, 11) is 0. The van der Waals surface area contributed by atoms with Crippen molar-refractivity contribution in [3.63, 3.8) is 0 Å². The van der Waals surface area contributed by atoms with Gasteiger partial charge in [0.1, 0.15) is 0 Å². The Hall–Kier alpha value is -1.82. The van der Waals surface area contributed by atoms with Gasteiger partial charge < -0.3 is 10.6 Å². The molecule has 2 rings (SSSR count). The number of nitrogen functional groups attached to an aromatic ring is 1. The average molecular weight is 264 g/mol. The maximum Gasteiger partial charge on any atom is 0.276 e. The molecule has 0 aliphatic heterocycles. The number of carbonyl (C=O) groups is 1. The van der Waals surface area contributed by atoms with Crippen molar-refractivity contribution in [3.8, 4) is 0 Å². The van der Waals surface area contributed by atoms with Crippen LogP contribution in [0, 0.1) is 6.92 Å². The number of rotatable bonds is 4. The molecule has 0 aliphatic rings. The summed E-state index contributed by atoms with van der Waals surface area (Å²) in [5.74, 6) is -0.132. The predicted molar refractivity (Wildman–Crippen MR) is 72.5 cm³/mol. The molecule has 0 unspecified atom stereocenters. The molecule has 0 radical (unpaired) electrons. The van der Waals surface area contributed by atoms with Gasteiger partial charge in [-0.2, -0.15) is 5.10 Å². The Kier molecular flexibility index (Phi) is 3.66. The van der Waals surface area contributed by atoms with Crippen LogP contribution in [0.4, 0.5) is 5.69 Å². The summed E-state index contributed by atoms with van der Waals surface area (Å²) >= 11 is 1.64. The highest BCUT2D eigenvalue weighted by atomic mass is 32.1. The summed E-state index contributed by atoms with van der Waals surface area (Å²) in [5.41, 5.74) is 7.30. The van der Waals surface area contributed by atoms with E-state index in [1.165, 1.54) is 0 Å². The van der Waals surface area contributed by atoms with E-state index < -0.39 is 0 Å². The molecular formula is C12H16N4OS. The van der Waals surface area contributed by atoms with Gasteiger partial charge in [0.15, 0.2) is 5.69 Å². The van der Waals surface area contributed by atoms with Crippen LogP contribution >= 0.6 is 11.3 Å². The molecule has 2 aromatic rings. The van der Waals surface area contributed by atoms with Crippen molar-refractivity contribution < 1.29 is 4.79 Å². The van der Waals surface area contributed by atoms with Gasteiger partial charge in [-0.3, -0.25) is 9.89 Å². The molecule has 0 atom stereocenters. The summed E-state index contributed by atoms with van der Waals surface area (Å²) in [6, 6.07) is 3.99. The first-order chi connectivity index (χ1) is 8.63. The molecule has 2 heterocycles. The fraction of sp³-hybridized carbons (Fsp3) is 0.333. The second-order valence-corrected chi connectivity index (χ2v) is 5.04. The van der Waals surface area contributed by atoms with Crippen molar-refractivity contribution in [2.75, 3.05) is 12.3 Å². The van der Waals surface area contributed by atoms with E-state index in [2.05, 4.69) is 10.2 Å². The van der Waals surface area contributed by atoms with Crippen molar-refractivity contribution in [2.45, 2.75) is 20.4 Å². The van der Waals surface area contributed by atoms with E-state index in [1.807, 2.05) is 24.4 Å². The maximum atomic E-state index is 12.3. The van der Waals surface area contributed by atoms with E-state index in [0.29, 0.717) is 24.5 Å². The zero-order valence-electron chi connectivity index (χ0n) is 10.4. The van der Waals surface area contributed by atoms with Crippen molar-refractivity contribution in [2.24, 2.45) is 0 Å². The number of hydrogen-bond donors (Lipinski definition) is 2. The highest BCUT2D eigenvalue weighted by molar-refractivity contribution is 7.09. The van der Waals surface area contributed by atoms with Crippen LogP contribution in [0.1, 0.15) is 28.0 Å². The Labute approximate surface area is 110 Å². The van der Waals surface area contributed by atoms with Gasteiger partial charge in [0, 0.05) is 11.4 Å². The number of anilines is 1. The third-order valence-corrected chi connectivity index (χ3v) is 3.65. The van der Waals surface area contributed by atoms with E-state index in [4.69, 9.17) is 5.73 Å². The molecule has 6 heteroatoms. The average Bonchev–Trinajstić information content (AvgIpc) is 2.98. The third-order valence-electron chi connectivity index (χ3n) is 2.79. The number of carbonyl (C=O) groups excluding carboxylic acids is 1. The van der Waals surface area contributed by atoms with Crippen molar-refractivity contribution in [3.05, 3.63) is 33.8 Å². The molecule has 5 nitrogen and oxygen atoms in total. The van der Waals surface area contributed by atoms with Crippen LogP contribution in [0.2, 0.25) is 0 Å². The second kappa shape index (κ2) is 5.22. The van der Waals surface area contributed by atoms with E-state index in [1.54, 1.807) is 23.2 Å². The van der Waals surface area contributed by atoms with Gasteiger partial charge in [-0.25, -0.2) is 0 Å². The summed E-state index contributed by atoms with van der Waals surface area (Å²) in [4.78, 5) is 15.2. The monoisotopic (exact) mass is 264 g/mol. The van der Waals surface area contributed by atoms with Crippen LogP contribution in [-0.2, 0) is 6.54 Å². The molecule has 3 N–H and O–H groups in total. The number of aromatic nitrogens is 2. The van der Waals surface area contributed by atoms with Gasteiger partial charge in [0.05, 0.1) is 17.9 Å². The minimum Gasteiger partial charge on any atom is -0.395 e. The fourth-order valence-corrected chi connectivity index (χ4v) is 2.39. The van der Waals surface area contributed by atoms with Gasteiger partial charge in [-0.15, -0.1) is 11.3 Å². The van der Waals surface area contributed by atoms with E-state index in [0.717, 1.165) is 10.6 Å². The van der Waals surface area contributed by atoms with Crippen LogP contribution in [0.15, 0.2) is 17.5 Å². The molecule has 0 aliphatic carbocycles. The molecular weight excluding hydrogens is 248 g/mol. The third kappa shape index (κ3) is 2.38. The SMILES string of the molecule is CCN(Cc1cccs1)C(=O)c1n[nH]c(C)c1N. The van der Waals surface area contributed by atoms with Gasteiger partial charge >= 0.3 is 0 Å². The van der Waals surface area contributed by atoms with E-state index in [-0.39, 0.29) is 5.91 Å². The summed E-state index contributed by atoms with van der Waals surface area (Å²) < 4.78 is 0. The highest BCUT2D eigenvalue weighted by Crippen LogP contribution is 2.18. The quantitative estimate of drug-likeness (QED) is 0.887. The lowest BCUT2D eigenvalue weighted by Crippen LogP contribution is -2.30. The first kappa shape index (κ1) is 12.6. The number of nitrogens with zero attached hydrogens (tertiary/aromatic N) is 2. The van der Waals surface area contributed by atoms with E-state index in [9.17, 15) is 4.79 Å². The number of aryl methyl sites for hydroxylation is 1. The topological polar surface area (TPSA) is 75.0 Å². The summed E-state index contributed by atoms with van der Waals surface area (Å²) in [6.45, 7) is 4.97. The fourth-order valence-electron chi connectivity index (χ4n) is 1.67. The van der Waals surface area contributed by atoms with Gasteiger partial charge in [0.2, 0.25) is 0 Å². The van der Waals surface area contributed by atoms with Gasteiger partial charge in [-0.05, 0) is 25.3 Å². The molecule has 18 heavy (non-hydrogen) atoms. The van der Waals surface area contributed by atoms with Crippen molar-refractivity contribution >= 4 is 22.9 Å². The molecule has 2 aromatic heterocycles. The zero-order valence-corrected chi connectivity index (χ0v) is 11.3. The molecule has 0 fully saturated rings. The van der Waals surface area contributed by atoms with Crippen LogP contribution in [0.5, 0.6) is 0 Å². The van der Waals surface area contributed by atoms with Crippen molar-refractivity contribution in [1.29, 1.82) is 0 Å². The number of H-pyrrole nitrogens is 1. The molecule has 0 saturated carbocycles. The minimum absolute atomic E-state index is 0.132. The summed E-state index contributed by atoms with van der Waals surface area (Å²) in [6.07, 6.45) is 0. The molecule has 1 amide bonds. The second-order valence-electron chi connectivity index (χ2n) is 4.01. The first-order valence-electron chi connectivity index (χ1n) is 5.75. The number of aromatic amines is 1. The number of hydrogen-bond acceptors (Lipinski definition) is 4. The van der Waals surface area contributed by atoms with Crippen LogP contribution in [-0.4, -0.2) is 27.5 Å². The number of nitrogens with one attached hydrogen (secondary N) is 1. The van der Waals surface area contributed by atoms with Crippen molar-refractivity contribution in [1.82, 2.24) is 15.1 Å². The lowest BCUT2D eigenvalue weighted by molar-refractivity contribution is 0.0749. The van der Waals surface area contributed by atoms with Crippen LogP contribution in [0.25, 0.3) is 0 Å². The van der Waals surface area contributed by atoms with E-state index >= 15 is 0 Å².